The number of aryl methyl sites for hydroxylation is 1. The molecule has 0 bridgehead atoms. The molecule has 1 aromatic heterocycles. The number of rotatable bonds is 2. The number of anilines is 1. The zero-order valence-corrected chi connectivity index (χ0v) is 15.9. The van der Waals surface area contributed by atoms with E-state index < -0.39 is 5.60 Å². The fraction of sp³-hybridized carbons (Fsp3) is 0.450. The molecule has 1 fully saturated rings. The van der Waals surface area contributed by atoms with E-state index in [1.54, 1.807) is 11.1 Å². The van der Waals surface area contributed by atoms with Crippen molar-refractivity contribution < 1.29 is 9.53 Å². The van der Waals surface area contributed by atoms with Crippen LogP contribution < -0.4 is 4.90 Å². The molecule has 0 saturated carbocycles. The molecule has 0 unspecified atom stereocenters. The monoisotopic (exact) mass is 354 g/mol. The smallest absolute Gasteiger partial charge is 0.410 e. The number of carbonyl (C=O) groups excluding carboxylic acids is 1. The molecule has 2 aromatic rings. The first-order valence-corrected chi connectivity index (χ1v) is 8.95. The molecule has 6 nitrogen and oxygen atoms in total. The molecule has 0 aliphatic carbocycles. The summed E-state index contributed by atoms with van der Waals surface area (Å²) in [5, 5.41) is 8.47. The van der Waals surface area contributed by atoms with Crippen molar-refractivity contribution >= 4 is 11.9 Å². The Morgan fingerprint density at radius 3 is 2.46 bits per heavy atom. The van der Waals surface area contributed by atoms with Gasteiger partial charge < -0.3 is 14.5 Å². The maximum Gasteiger partial charge on any atom is 0.410 e. The molecule has 0 atom stereocenters. The van der Waals surface area contributed by atoms with Gasteiger partial charge in [-0.15, -0.1) is 5.10 Å². The highest BCUT2D eigenvalue weighted by atomic mass is 16.6. The van der Waals surface area contributed by atoms with Crippen molar-refractivity contribution in [2.45, 2.75) is 33.3 Å². The second-order valence-electron chi connectivity index (χ2n) is 7.57. The fourth-order valence-electron chi connectivity index (χ4n) is 3.00. The van der Waals surface area contributed by atoms with Crippen LogP contribution in [-0.2, 0) is 4.74 Å². The van der Waals surface area contributed by atoms with Gasteiger partial charge in [0, 0.05) is 31.7 Å². The molecule has 0 N–H and O–H groups in total. The second-order valence-corrected chi connectivity index (χ2v) is 7.57. The first-order valence-electron chi connectivity index (χ1n) is 8.95. The van der Waals surface area contributed by atoms with E-state index in [1.807, 2.05) is 32.9 Å². The molecule has 0 radical (unpaired) electrons. The first-order chi connectivity index (χ1) is 12.3. The molecule has 3 rings (SSSR count). The van der Waals surface area contributed by atoms with E-state index in [9.17, 15) is 4.79 Å². The van der Waals surface area contributed by atoms with Gasteiger partial charge in [-0.3, -0.25) is 0 Å². The van der Waals surface area contributed by atoms with E-state index in [2.05, 4.69) is 40.2 Å². The number of hydrogen-bond donors (Lipinski definition) is 0. The summed E-state index contributed by atoms with van der Waals surface area (Å²) in [5.41, 5.74) is 2.96. The summed E-state index contributed by atoms with van der Waals surface area (Å²) in [5.74, 6) is 0.842. The lowest BCUT2D eigenvalue weighted by atomic mass is 10.0. The van der Waals surface area contributed by atoms with E-state index in [0.29, 0.717) is 26.2 Å². The highest BCUT2D eigenvalue weighted by molar-refractivity contribution is 5.70. The van der Waals surface area contributed by atoms with Gasteiger partial charge in [0.05, 0.1) is 6.20 Å². The molecule has 0 spiro atoms. The number of benzene rings is 1. The third kappa shape index (κ3) is 4.31. The normalized spacial score (nSPS) is 15.1. The van der Waals surface area contributed by atoms with Crippen LogP contribution in [0.15, 0.2) is 36.5 Å². The van der Waals surface area contributed by atoms with Crippen molar-refractivity contribution in [1.82, 2.24) is 15.1 Å². The zero-order chi connectivity index (χ0) is 18.7. The van der Waals surface area contributed by atoms with Crippen LogP contribution in [0.3, 0.4) is 0 Å². The minimum absolute atomic E-state index is 0.253. The summed E-state index contributed by atoms with van der Waals surface area (Å²) in [7, 11) is 0. The summed E-state index contributed by atoms with van der Waals surface area (Å²) in [6.07, 6.45) is 1.54. The Morgan fingerprint density at radius 2 is 1.81 bits per heavy atom. The average Bonchev–Trinajstić information content (AvgIpc) is 2.61. The third-order valence-electron chi connectivity index (χ3n) is 4.35. The number of piperazine rings is 1. The number of hydrogen-bond acceptors (Lipinski definition) is 5. The van der Waals surface area contributed by atoms with Gasteiger partial charge in [0.2, 0.25) is 0 Å². The van der Waals surface area contributed by atoms with E-state index in [4.69, 9.17) is 4.74 Å². The number of carbonyl (C=O) groups is 1. The predicted octanol–water partition coefficient (Wildman–Crippen LogP) is 3.51. The lowest BCUT2D eigenvalue weighted by molar-refractivity contribution is 0.0240. The van der Waals surface area contributed by atoms with E-state index in [1.165, 1.54) is 5.56 Å². The van der Waals surface area contributed by atoms with Gasteiger partial charge in [0.15, 0.2) is 5.82 Å². The Kier molecular flexibility index (Phi) is 5.11. The molecule has 1 aliphatic heterocycles. The van der Waals surface area contributed by atoms with Crippen LogP contribution in [0.1, 0.15) is 26.3 Å². The van der Waals surface area contributed by atoms with Crippen molar-refractivity contribution in [3.63, 3.8) is 0 Å². The predicted molar refractivity (Wildman–Crippen MR) is 102 cm³/mol. The van der Waals surface area contributed by atoms with Crippen LogP contribution in [0.5, 0.6) is 0 Å². The molecule has 138 valence electrons. The van der Waals surface area contributed by atoms with Crippen LogP contribution >= 0.6 is 0 Å². The highest BCUT2D eigenvalue weighted by Crippen LogP contribution is 2.25. The van der Waals surface area contributed by atoms with Crippen LogP contribution in [0.4, 0.5) is 10.6 Å². The Morgan fingerprint density at radius 1 is 1.12 bits per heavy atom. The van der Waals surface area contributed by atoms with Gasteiger partial charge in [0.25, 0.3) is 0 Å². The maximum atomic E-state index is 12.2. The first kappa shape index (κ1) is 18.2. The minimum atomic E-state index is -0.471. The lowest BCUT2D eigenvalue weighted by Gasteiger charge is -2.36. The summed E-state index contributed by atoms with van der Waals surface area (Å²) in [6.45, 7) is 10.4. The molecule has 1 saturated heterocycles. The standard InChI is InChI=1S/C20H26N4O2/c1-15-7-5-6-8-17(15)16-13-18(22-21-14-16)23-9-11-24(12-10-23)19(25)26-20(2,3)4/h5-8,13-14H,9-12H2,1-4H3. The van der Waals surface area contributed by atoms with Gasteiger partial charge in [0.1, 0.15) is 5.60 Å². The number of ether oxygens (including phenoxy) is 1. The van der Waals surface area contributed by atoms with Crippen LogP contribution in [-0.4, -0.2) is 53.0 Å². The summed E-state index contributed by atoms with van der Waals surface area (Å²) < 4.78 is 5.45. The quantitative estimate of drug-likeness (QED) is 0.826. The van der Waals surface area contributed by atoms with Crippen molar-refractivity contribution in [2.24, 2.45) is 0 Å². The Hall–Kier alpha value is -2.63. The SMILES string of the molecule is Cc1ccccc1-c1cnnc(N2CCN(C(=O)OC(C)(C)C)CC2)c1. The number of aromatic nitrogens is 2. The summed E-state index contributed by atoms with van der Waals surface area (Å²) >= 11 is 0. The maximum absolute atomic E-state index is 12.2. The summed E-state index contributed by atoms with van der Waals surface area (Å²) in [6, 6.07) is 10.3. The summed E-state index contributed by atoms with van der Waals surface area (Å²) in [4.78, 5) is 16.1. The molecule has 1 aromatic carbocycles. The Balaban J connectivity index is 1.68. The largest absolute Gasteiger partial charge is 0.444 e. The van der Waals surface area contributed by atoms with Crippen molar-refractivity contribution in [1.29, 1.82) is 0 Å². The Labute approximate surface area is 154 Å². The van der Waals surface area contributed by atoms with Crippen LogP contribution in [0.25, 0.3) is 11.1 Å². The highest BCUT2D eigenvalue weighted by Gasteiger charge is 2.26. The average molecular weight is 354 g/mol. The van der Waals surface area contributed by atoms with Gasteiger partial charge in [-0.25, -0.2) is 4.79 Å². The molecule has 2 heterocycles. The van der Waals surface area contributed by atoms with E-state index in [0.717, 1.165) is 16.9 Å². The van der Waals surface area contributed by atoms with Crippen LogP contribution in [0.2, 0.25) is 0 Å². The Bertz CT molecular complexity index is 777. The number of nitrogens with zero attached hydrogens (tertiary/aromatic N) is 4. The molecule has 26 heavy (non-hydrogen) atoms. The van der Waals surface area contributed by atoms with E-state index >= 15 is 0 Å². The lowest BCUT2D eigenvalue weighted by Crippen LogP contribution is -2.50. The van der Waals surface area contributed by atoms with Crippen molar-refractivity contribution in [3.8, 4) is 11.1 Å². The topological polar surface area (TPSA) is 58.6 Å². The molecule has 1 aliphatic rings. The van der Waals surface area contributed by atoms with Gasteiger partial charge >= 0.3 is 6.09 Å². The van der Waals surface area contributed by atoms with Crippen molar-refractivity contribution in [2.75, 3.05) is 31.1 Å². The van der Waals surface area contributed by atoms with Crippen LogP contribution in [0, 0.1) is 6.92 Å². The van der Waals surface area contributed by atoms with E-state index in [-0.39, 0.29) is 6.09 Å². The molecular formula is C20H26N4O2. The molecule has 1 amide bonds. The van der Waals surface area contributed by atoms with Gasteiger partial charge in [-0.2, -0.15) is 5.10 Å². The molecule has 6 heteroatoms. The second kappa shape index (κ2) is 7.32. The molecular weight excluding hydrogens is 328 g/mol. The number of amides is 1. The fourth-order valence-corrected chi connectivity index (χ4v) is 3.00. The van der Waals surface area contributed by atoms with Gasteiger partial charge in [-0.1, -0.05) is 24.3 Å². The van der Waals surface area contributed by atoms with Gasteiger partial charge in [-0.05, 0) is 44.9 Å². The van der Waals surface area contributed by atoms with Crippen molar-refractivity contribution in [3.05, 3.63) is 42.1 Å². The zero-order valence-electron chi connectivity index (χ0n) is 15.9. The third-order valence-corrected chi connectivity index (χ3v) is 4.35. The minimum Gasteiger partial charge on any atom is -0.444 e.